The van der Waals surface area contributed by atoms with Crippen molar-refractivity contribution in [2.75, 3.05) is 13.7 Å². The second-order valence-corrected chi connectivity index (χ2v) is 8.46. The average Bonchev–Trinajstić information content (AvgIpc) is 3.03. The lowest BCUT2D eigenvalue weighted by Gasteiger charge is -2.34. The van der Waals surface area contributed by atoms with E-state index in [0.717, 1.165) is 18.4 Å². The topological polar surface area (TPSA) is 52.6 Å². The van der Waals surface area contributed by atoms with Crippen LogP contribution >= 0.6 is 0 Å². The third-order valence-corrected chi connectivity index (χ3v) is 6.91. The zero-order valence-electron chi connectivity index (χ0n) is 15.7. The van der Waals surface area contributed by atoms with Gasteiger partial charge < -0.3 is 9.47 Å². The minimum Gasteiger partial charge on any atom is -0.493 e. The number of allylic oxidation sites excluding steroid dienone is 2. The summed E-state index contributed by atoms with van der Waals surface area (Å²) in [4.78, 5) is 26.1. The van der Waals surface area contributed by atoms with Crippen LogP contribution < -0.4 is 0 Å². The van der Waals surface area contributed by atoms with Gasteiger partial charge in [-0.1, -0.05) is 44.2 Å². The fourth-order valence-electron chi connectivity index (χ4n) is 5.73. The first-order valence-corrected chi connectivity index (χ1v) is 9.40. The standard InChI is InChI=1S/C22H26O4/c1-21(2)17-10-9-15(13-26-12-14-7-5-4-6-8-14)22(17)11-16(25-3)19(23)18(21)20(22)24/h4-8,11,15,17-18H,9-10,12-13H2,1-3H3/t15-,17?,18?,22?/m1/s1. The number of benzene rings is 1. The molecule has 26 heavy (non-hydrogen) atoms. The SMILES string of the molecule is COC1=CC23C(=O)C(C1=O)C(C)(C)C2CC[C@@H]3COCc1ccccc1. The van der Waals surface area contributed by atoms with Gasteiger partial charge in [0.1, 0.15) is 0 Å². The largest absolute Gasteiger partial charge is 0.493 e. The third kappa shape index (κ3) is 2.24. The van der Waals surface area contributed by atoms with Crippen molar-refractivity contribution in [2.45, 2.75) is 33.3 Å². The molecule has 138 valence electrons. The Kier molecular flexibility index (Phi) is 4.07. The van der Waals surface area contributed by atoms with E-state index >= 15 is 0 Å². The Morgan fingerprint density at radius 3 is 2.54 bits per heavy atom. The van der Waals surface area contributed by atoms with Gasteiger partial charge in [-0.05, 0) is 41.7 Å². The van der Waals surface area contributed by atoms with Crippen LogP contribution in [0.2, 0.25) is 0 Å². The van der Waals surface area contributed by atoms with E-state index in [0.29, 0.717) is 19.0 Å². The quantitative estimate of drug-likeness (QED) is 0.759. The number of rotatable bonds is 5. The molecule has 0 heterocycles. The molecule has 0 aliphatic heterocycles. The number of methoxy groups -OCH3 is 1. The highest BCUT2D eigenvalue weighted by Gasteiger charge is 2.72. The van der Waals surface area contributed by atoms with Crippen LogP contribution in [0, 0.1) is 28.6 Å². The first-order valence-electron chi connectivity index (χ1n) is 9.40. The molecule has 4 heteroatoms. The molecule has 0 saturated heterocycles. The maximum absolute atomic E-state index is 13.3. The Hall–Kier alpha value is -1.94. The van der Waals surface area contributed by atoms with Crippen LogP contribution in [0.4, 0.5) is 0 Å². The van der Waals surface area contributed by atoms with Crippen LogP contribution in [-0.2, 0) is 25.7 Å². The van der Waals surface area contributed by atoms with Gasteiger partial charge in [-0.3, -0.25) is 9.59 Å². The monoisotopic (exact) mass is 354 g/mol. The summed E-state index contributed by atoms with van der Waals surface area (Å²) >= 11 is 0. The summed E-state index contributed by atoms with van der Waals surface area (Å²) in [6, 6.07) is 10.1. The van der Waals surface area contributed by atoms with Crippen molar-refractivity contribution in [1.29, 1.82) is 0 Å². The summed E-state index contributed by atoms with van der Waals surface area (Å²) in [5, 5.41) is 0. The third-order valence-electron chi connectivity index (χ3n) is 6.91. The number of hydrogen-bond donors (Lipinski definition) is 0. The summed E-state index contributed by atoms with van der Waals surface area (Å²) in [6.07, 6.45) is 3.75. The lowest BCUT2D eigenvalue weighted by atomic mass is 9.69. The molecule has 0 amide bonds. The summed E-state index contributed by atoms with van der Waals surface area (Å²) in [7, 11) is 1.52. The Bertz CT molecular complexity index is 764. The number of carbonyl (C=O) groups excluding carboxylic acids is 2. The van der Waals surface area contributed by atoms with Crippen molar-refractivity contribution in [3.8, 4) is 0 Å². The van der Waals surface area contributed by atoms with Gasteiger partial charge >= 0.3 is 0 Å². The molecule has 4 atom stereocenters. The van der Waals surface area contributed by atoms with Crippen LogP contribution in [0.25, 0.3) is 0 Å². The Balaban J connectivity index is 1.61. The van der Waals surface area contributed by atoms with Gasteiger partial charge in [0.15, 0.2) is 11.5 Å². The number of ether oxygens (including phenoxy) is 2. The predicted molar refractivity (Wildman–Crippen MR) is 97.1 cm³/mol. The van der Waals surface area contributed by atoms with Gasteiger partial charge in [-0.2, -0.15) is 0 Å². The molecule has 3 aliphatic rings. The van der Waals surface area contributed by atoms with Crippen LogP contribution in [0.5, 0.6) is 0 Å². The predicted octanol–water partition coefficient (Wildman–Crippen LogP) is 3.55. The highest BCUT2D eigenvalue weighted by atomic mass is 16.5. The van der Waals surface area contributed by atoms with Crippen molar-refractivity contribution in [3.63, 3.8) is 0 Å². The molecule has 2 saturated carbocycles. The van der Waals surface area contributed by atoms with Gasteiger partial charge in [0.2, 0.25) is 5.78 Å². The Morgan fingerprint density at radius 1 is 1.12 bits per heavy atom. The molecular formula is C22H26O4. The van der Waals surface area contributed by atoms with E-state index < -0.39 is 11.3 Å². The first kappa shape index (κ1) is 17.5. The number of Topliss-reactive ketones (excluding diaryl/α,β-unsaturated/α-hetero) is 2. The highest BCUT2D eigenvalue weighted by molar-refractivity contribution is 6.17. The van der Waals surface area contributed by atoms with Gasteiger partial charge in [0, 0.05) is 0 Å². The molecule has 0 aromatic heterocycles. The second-order valence-electron chi connectivity index (χ2n) is 8.46. The van der Waals surface area contributed by atoms with Crippen LogP contribution in [0.3, 0.4) is 0 Å². The van der Waals surface area contributed by atoms with Crippen molar-refractivity contribution < 1.29 is 19.1 Å². The minimum atomic E-state index is -0.607. The van der Waals surface area contributed by atoms with E-state index in [-0.39, 0.29) is 28.8 Å². The molecule has 0 N–H and O–H groups in total. The van der Waals surface area contributed by atoms with E-state index in [2.05, 4.69) is 13.8 Å². The molecule has 1 aromatic carbocycles. The lowest BCUT2D eigenvalue weighted by molar-refractivity contribution is -0.139. The molecule has 3 unspecified atom stereocenters. The average molecular weight is 354 g/mol. The Morgan fingerprint density at radius 2 is 1.85 bits per heavy atom. The smallest absolute Gasteiger partial charge is 0.208 e. The van der Waals surface area contributed by atoms with Crippen LogP contribution in [0.15, 0.2) is 42.2 Å². The summed E-state index contributed by atoms with van der Waals surface area (Å²) in [6.45, 7) is 5.21. The number of fused-ring (bicyclic) bond motifs is 1. The molecule has 3 aliphatic carbocycles. The minimum absolute atomic E-state index is 0.0871. The van der Waals surface area contributed by atoms with Gasteiger partial charge in [0.05, 0.1) is 31.7 Å². The van der Waals surface area contributed by atoms with Crippen molar-refractivity contribution in [3.05, 3.63) is 47.7 Å². The maximum Gasteiger partial charge on any atom is 0.208 e. The number of ketones is 2. The van der Waals surface area contributed by atoms with E-state index in [1.54, 1.807) is 0 Å². The molecule has 4 nitrogen and oxygen atoms in total. The van der Waals surface area contributed by atoms with Gasteiger partial charge in [-0.15, -0.1) is 0 Å². The van der Waals surface area contributed by atoms with E-state index in [1.807, 2.05) is 36.4 Å². The van der Waals surface area contributed by atoms with Crippen LogP contribution in [-0.4, -0.2) is 25.3 Å². The summed E-state index contributed by atoms with van der Waals surface area (Å²) < 4.78 is 11.4. The lowest BCUT2D eigenvalue weighted by Crippen LogP contribution is -2.43. The molecule has 0 radical (unpaired) electrons. The van der Waals surface area contributed by atoms with E-state index in [4.69, 9.17) is 9.47 Å². The van der Waals surface area contributed by atoms with Crippen molar-refractivity contribution >= 4 is 11.6 Å². The number of carbonyl (C=O) groups is 2. The normalized spacial score (nSPS) is 34.6. The van der Waals surface area contributed by atoms with Gasteiger partial charge in [-0.25, -0.2) is 0 Å². The van der Waals surface area contributed by atoms with E-state index in [1.165, 1.54) is 7.11 Å². The zero-order valence-corrected chi connectivity index (χ0v) is 15.7. The first-order chi connectivity index (χ1) is 12.4. The van der Waals surface area contributed by atoms with Crippen LogP contribution in [0.1, 0.15) is 32.3 Å². The number of hydrogen-bond acceptors (Lipinski definition) is 4. The molecule has 1 spiro atoms. The second kappa shape index (κ2) is 6.05. The van der Waals surface area contributed by atoms with Crippen molar-refractivity contribution in [2.24, 2.45) is 28.6 Å². The fraction of sp³-hybridized carbons (Fsp3) is 0.545. The summed E-state index contributed by atoms with van der Waals surface area (Å²) in [5.41, 5.74) is 0.186. The molecule has 2 bridgehead atoms. The fourth-order valence-corrected chi connectivity index (χ4v) is 5.73. The highest BCUT2D eigenvalue weighted by Crippen LogP contribution is 2.67. The maximum atomic E-state index is 13.3. The Labute approximate surface area is 154 Å². The molecule has 1 aromatic rings. The molecule has 4 rings (SSSR count). The van der Waals surface area contributed by atoms with Crippen molar-refractivity contribution in [1.82, 2.24) is 0 Å². The van der Waals surface area contributed by atoms with E-state index in [9.17, 15) is 9.59 Å². The molecular weight excluding hydrogens is 328 g/mol. The summed E-state index contributed by atoms with van der Waals surface area (Å²) in [5.74, 6) is 0.000704. The zero-order chi connectivity index (χ0) is 18.5. The van der Waals surface area contributed by atoms with Gasteiger partial charge in [0.25, 0.3) is 0 Å². The molecule has 2 fully saturated rings.